The van der Waals surface area contributed by atoms with Crippen molar-refractivity contribution in [3.63, 3.8) is 0 Å². The zero-order chi connectivity index (χ0) is 14.5. The normalized spacial score (nSPS) is 10.3. The molecule has 0 aliphatic rings. The van der Waals surface area contributed by atoms with Crippen LogP contribution in [0.5, 0.6) is 0 Å². The number of hydrogen-bond donors (Lipinski definition) is 2. The van der Waals surface area contributed by atoms with E-state index in [-0.39, 0.29) is 10.7 Å². The summed E-state index contributed by atoms with van der Waals surface area (Å²) >= 11 is 5.77. The fourth-order valence-corrected chi connectivity index (χ4v) is 1.96. The molecule has 0 aliphatic carbocycles. The lowest BCUT2D eigenvalue weighted by Crippen LogP contribution is -2.06. The highest BCUT2D eigenvalue weighted by Gasteiger charge is 2.11. The average Bonchev–Trinajstić information content (AvgIpc) is 2.46. The molecule has 0 amide bonds. The van der Waals surface area contributed by atoms with E-state index in [0.29, 0.717) is 12.4 Å². The minimum Gasteiger partial charge on any atom is -0.476 e. The van der Waals surface area contributed by atoms with Gasteiger partial charge in [-0.25, -0.2) is 9.78 Å². The monoisotopic (exact) mass is 290 g/mol. The van der Waals surface area contributed by atoms with E-state index < -0.39 is 5.97 Å². The van der Waals surface area contributed by atoms with E-state index in [4.69, 9.17) is 16.7 Å². The molecule has 1 aromatic carbocycles. The first-order chi connectivity index (χ1) is 9.60. The number of aryl methyl sites for hydroxylation is 1. The molecule has 0 aliphatic heterocycles. The first-order valence-corrected chi connectivity index (χ1v) is 6.69. The molecule has 1 aromatic heterocycles. The molecule has 0 spiro atoms. The van der Waals surface area contributed by atoms with Gasteiger partial charge in [-0.15, -0.1) is 0 Å². The predicted molar refractivity (Wildman–Crippen MR) is 79.4 cm³/mol. The Kier molecular flexibility index (Phi) is 4.58. The topological polar surface area (TPSA) is 62.2 Å². The molecule has 5 heteroatoms. The Morgan fingerprint density at radius 1 is 1.20 bits per heavy atom. The van der Waals surface area contributed by atoms with Gasteiger partial charge in [0.1, 0.15) is 5.82 Å². The van der Waals surface area contributed by atoms with Crippen molar-refractivity contribution in [3.05, 3.63) is 58.2 Å². The van der Waals surface area contributed by atoms with Gasteiger partial charge in [0.15, 0.2) is 5.69 Å². The van der Waals surface area contributed by atoms with E-state index in [1.807, 2.05) is 12.1 Å². The van der Waals surface area contributed by atoms with E-state index >= 15 is 0 Å². The molecule has 20 heavy (non-hydrogen) atoms. The van der Waals surface area contributed by atoms with E-state index in [9.17, 15) is 4.79 Å². The van der Waals surface area contributed by atoms with Crippen LogP contribution >= 0.6 is 11.6 Å². The van der Waals surface area contributed by atoms with E-state index in [2.05, 4.69) is 29.4 Å². The Labute approximate surface area is 122 Å². The fourth-order valence-electron chi connectivity index (χ4n) is 1.78. The molecule has 0 saturated heterocycles. The summed E-state index contributed by atoms with van der Waals surface area (Å²) in [5, 5.41) is 12.2. The number of aromatic nitrogens is 1. The standard InChI is InChI=1S/C15H15ClN2O2/c1-2-10-3-5-11(6-4-10)9-17-13-8-7-12(16)14(18-13)15(19)20/h3-8H,2,9H2,1H3,(H,17,18)(H,19,20). The molecule has 2 rings (SSSR count). The number of carboxylic acid groups (broad SMARTS) is 1. The zero-order valence-corrected chi connectivity index (χ0v) is 11.8. The van der Waals surface area contributed by atoms with Crippen LogP contribution in [-0.4, -0.2) is 16.1 Å². The van der Waals surface area contributed by atoms with Crippen molar-refractivity contribution < 1.29 is 9.90 Å². The molecule has 0 fully saturated rings. The highest BCUT2D eigenvalue weighted by atomic mass is 35.5. The molecule has 104 valence electrons. The van der Waals surface area contributed by atoms with Gasteiger partial charge in [-0.05, 0) is 29.7 Å². The predicted octanol–water partition coefficient (Wildman–Crippen LogP) is 3.61. The summed E-state index contributed by atoms with van der Waals surface area (Å²) in [6.45, 7) is 2.69. The average molecular weight is 291 g/mol. The maximum absolute atomic E-state index is 10.9. The second-order valence-electron chi connectivity index (χ2n) is 4.36. The number of halogens is 1. The third-order valence-electron chi connectivity index (χ3n) is 2.95. The number of nitrogens with zero attached hydrogens (tertiary/aromatic N) is 1. The van der Waals surface area contributed by atoms with Crippen LogP contribution < -0.4 is 5.32 Å². The minimum atomic E-state index is -1.13. The summed E-state index contributed by atoms with van der Waals surface area (Å²) in [6.07, 6.45) is 1.01. The Bertz CT molecular complexity index is 612. The molecule has 1 heterocycles. The third-order valence-corrected chi connectivity index (χ3v) is 3.26. The van der Waals surface area contributed by atoms with Crippen molar-refractivity contribution in [2.75, 3.05) is 5.32 Å². The van der Waals surface area contributed by atoms with Crippen LogP contribution in [0.25, 0.3) is 0 Å². The summed E-state index contributed by atoms with van der Waals surface area (Å²) in [5.74, 6) is -0.641. The Morgan fingerprint density at radius 3 is 2.45 bits per heavy atom. The van der Waals surface area contributed by atoms with Gasteiger partial charge in [-0.2, -0.15) is 0 Å². The quantitative estimate of drug-likeness (QED) is 0.883. The summed E-state index contributed by atoms with van der Waals surface area (Å²) < 4.78 is 0. The molecule has 2 N–H and O–H groups in total. The van der Waals surface area contributed by atoms with Crippen LogP contribution in [0.3, 0.4) is 0 Å². The van der Waals surface area contributed by atoms with Gasteiger partial charge >= 0.3 is 5.97 Å². The van der Waals surface area contributed by atoms with Gasteiger partial charge in [-0.3, -0.25) is 0 Å². The fraction of sp³-hybridized carbons (Fsp3) is 0.200. The number of nitrogens with one attached hydrogen (secondary N) is 1. The van der Waals surface area contributed by atoms with E-state index in [0.717, 1.165) is 12.0 Å². The second-order valence-corrected chi connectivity index (χ2v) is 4.76. The zero-order valence-electron chi connectivity index (χ0n) is 11.1. The van der Waals surface area contributed by atoms with Crippen molar-refractivity contribution in [2.45, 2.75) is 19.9 Å². The number of anilines is 1. The lowest BCUT2D eigenvalue weighted by molar-refractivity contribution is 0.0691. The number of carbonyl (C=O) groups is 1. The lowest BCUT2D eigenvalue weighted by atomic mass is 10.1. The van der Waals surface area contributed by atoms with Gasteiger partial charge in [0, 0.05) is 6.54 Å². The van der Waals surface area contributed by atoms with Crippen LogP contribution in [0.15, 0.2) is 36.4 Å². The number of hydrogen-bond acceptors (Lipinski definition) is 3. The summed E-state index contributed by atoms with van der Waals surface area (Å²) in [7, 11) is 0. The number of aromatic carboxylic acids is 1. The molecule has 4 nitrogen and oxygen atoms in total. The molecule has 2 aromatic rings. The van der Waals surface area contributed by atoms with Gasteiger partial charge in [0.05, 0.1) is 5.02 Å². The SMILES string of the molecule is CCc1ccc(CNc2ccc(Cl)c(C(=O)O)n2)cc1. The number of pyridine rings is 1. The smallest absolute Gasteiger partial charge is 0.356 e. The summed E-state index contributed by atoms with van der Waals surface area (Å²) in [5.41, 5.74) is 2.25. The van der Waals surface area contributed by atoms with Gasteiger partial charge < -0.3 is 10.4 Å². The van der Waals surface area contributed by atoms with Gasteiger partial charge in [0.25, 0.3) is 0 Å². The molecule has 0 saturated carbocycles. The van der Waals surface area contributed by atoms with Crippen LogP contribution in [0.4, 0.5) is 5.82 Å². The molecule has 0 radical (unpaired) electrons. The van der Waals surface area contributed by atoms with E-state index in [1.54, 1.807) is 6.07 Å². The third kappa shape index (κ3) is 3.48. The number of carboxylic acids is 1. The number of rotatable bonds is 5. The molecular formula is C15H15ClN2O2. The van der Waals surface area contributed by atoms with Crippen LogP contribution in [-0.2, 0) is 13.0 Å². The van der Waals surface area contributed by atoms with Crippen LogP contribution in [0.1, 0.15) is 28.5 Å². The Hall–Kier alpha value is -2.07. The van der Waals surface area contributed by atoms with Crippen molar-refractivity contribution >= 4 is 23.4 Å². The van der Waals surface area contributed by atoms with Crippen molar-refractivity contribution in [1.29, 1.82) is 0 Å². The molecule has 0 bridgehead atoms. The first kappa shape index (κ1) is 14.3. The van der Waals surface area contributed by atoms with Gasteiger partial charge in [0.2, 0.25) is 0 Å². The first-order valence-electron chi connectivity index (χ1n) is 6.31. The highest BCUT2D eigenvalue weighted by Crippen LogP contribution is 2.17. The van der Waals surface area contributed by atoms with Gasteiger partial charge in [-0.1, -0.05) is 42.8 Å². The summed E-state index contributed by atoms with van der Waals surface area (Å²) in [6, 6.07) is 11.4. The lowest BCUT2D eigenvalue weighted by Gasteiger charge is -2.08. The van der Waals surface area contributed by atoms with Crippen molar-refractivity contribution in [1.82, 2.24) is 4.98 Å². The maximum Gasteiger partial charge on any atom is 0.356 e. The highest BCUT2D eigenvalue weighted by molar-refractivity contribution is 6.33. The molecule has 0 unspecified atom stereocenters. The molecule has 0 atom stereocenters. The van der Waals surface area contributed by atoms with E-state index in [1.165, 1.54) is 11.6 Å². The number of benzene rings is 1. The second kappa shape index (κ2) is 6.39. The Balaban J connectivity index is 2.06. The van der Waals surface area contributed by atoms with Crippen molar-refractivity contribution in [3.8, 4) is 0 Å². The summed E-state index contributed by atoms with van der Waals surface area (Å²) in [4.78, 5) is 14.9. The van der Waals surface area contributed by atoms with Crippen LogP contribution in [0, 0.1) is 0 Å². The van der Waals surface area contributed by atoms with Crippen molar-refractivity contribution in [2.24, 2.45) is 0 Å². The Morgan fingerprint density at radius 2 is 1.85 bits per heavy atom. The van der Waals surface area contributed by atoms with Crippen LogP contribution in [0.2, 0.25) is 5.02 Å². The largest absolute Gasteiger partial charge is 0.476 e. The maximum atomic E-state index is 10.9. The molecular weight excluding hydrogens is 276 g/mol. The minimum absolute atomic E-state index is 0.135.